The third kappa shape index (κ3) is 6.11. The molecule has 1 aliphatic carbocycles. The Bertz CT molecular complexity index is 987. The number of carboxylic acid groups (broad SMARTS) is 1. The van der Waals surface area contributed by atoms with Crippen LogP contribution in [-0.4, -0.2) is 42.8 Å². The lowest BCUT2D eigenvalue weighted by Crippen LogP contribution is -2.59. The second-order valence-electron chi connectivity index (χ2n) is 9.71. The van der Waals surface area contributed by atoms with Crippen LogP contribution in [0.5, 0.6) is 0 Å². The monoisotopic (exact) mass is 480 g/mol. The third-order valence-corrected chi connectivity index (χ3v) is 7.95. The lowest BCUT2D eigenvalue weighted by atomic mass is 9.62. The zero-order valence-corrected chi connectivity index (χ0v) is 21.3. The van der Waals surface area contributed by atoms with Gasteiger partial charge in [-0.25, -0.2) is 0 Å². The summed E-state index contributed by atoms with van der Waals surface area (Å²) >= 11 is 0. The summed E-state index contributed by atoms with van der Waals surface area (Å²) in [5.41, 5.74) is 9.47. The summed E-state index contributed by atoms with van der Waals surface area (Å²) in [6.07, 6.45) is 5.40. The number of benzene rings is 2. The normalized spacial score (nSPS) is 19.6. The molecule has 0 aliphatic heterocycles. The highest BCUT2D eigenvalue weighted by Gasteiger charge is 2.46. The number of fused-ring (bicyclic) bond motifs is 1. The molecule has 1 aliphatic rings. The molecule has 0 unspecified atom stereocenters. The Labute approximate surface area is 209 Å². The molecule has 35 heavy (non-hydrogen) atoms. The number of hydrogen-bond donors (Lipinski definition) is 3. The quantitative estimate of drug-likeness (QED) is 0.392. The maximum absolute atomic E-state index is 12.0. The van der Waals surface area contributed by atoms with Crippen LogP contribution < -0.4 is 11.1 Å². The van der Waals surface area contributed by atoms with E-state index in [1.54, 1.807) is 13.2 Å². The zero-order valence-electron chi connectivity index (χ0n) is 21.3. The molecular weight excluding hydrogens is 440 g/mol. The molecule has 0 saturated carbocycles. The lowest BCUT2D eigenvalue weighted by Gasteiger charge is -2.49. The van der Waals surface area contributed by atoms with Crippen LogP contribution in [0.3, 0.4) is 0 Å². The average molecular weight is 481 g/mol. The summed E-state index contributed by atoms with van der Waals surface area (Å²) < 4.78 is 5.95. The first-order chi connectivity index (χ1) is 16.9. The van der Waals surface area contributed by atoms with Gasteiger partial charge in [-0.2, -0.15) is 0 Å². The van der Waals surface area contributed by atoms with Crippen molar-refractivity contribution in [2.24, 2.45) is 11.7 Å². The van der Waals surface area contributed by atoms with Crippen molar-refractivity contribution in [1.82, 2.24) is 5.32 Å². The standard InChI is InChI=1S/C29H40N2O4/c1-4-29(5-2)24-18-23(27(30)32)15-14-22(24)19-25(35-3)26(29)31-17-16-21(28(33)34)13-9-12-20-10-7-6-8-11-20/h6-8,10-11,14-15,18,21,25-26,31H,4-5,9,12-13,16-17,19H2,1-3H3,(H2,30,32)(H,33,34)/t21-,25+,26+/m0/s1. The van der Waals surface area contributed by atoms with Gasteiger partial charge in [-0.15, -0.1) is 0 Å². The van der Waals surface area contributed by atoms with Gasteiger partial charge in [0.25, 0.3) is 0 Å². The van der Waals surface area contributed by atoms with E-state index in [-0.39, 0.29) is 23.5 Å². The minimum atomic E-state index is -0.736. The Morgan fingerprint density at radius 3 is 2.46 bits per heavy atom. The van der Waals surface area contributed by atoms with Gasteiger partial charge in [0.15, 0.2) is 0 Å². The first-order valence-electron chi connectivity index (χ1n) is 12.8. The molecule has 6 nitrogen and oxygen atoms in total. The van der Waals surface area contributed by atoms with Crippen LogP contribution in [0, 0.1) is 5.92 Å². The van der Waals surface area contributed by atoms with E-state index in [9.17, 15) is 14.7 Å². The predicted octanol–water partition coefficient (Wildman–Crippen LogP) is 4.49. The Hall–Kier alpha value is -2.70. The van der Waals surface area contributed by atoms with E-state index in [0.717, 1.165) is 37.7 Å². The molecule has 0 saturated heterocycles. The van der Waals surface area contributed by atoms with Gasteiger partial charge >= 0.3 is 5.97 Å². The molecule has 190 valence electrons. The maximum Gasteiger partial charge on any atom is 0.306 e. The van der Waals surface area contributed by atoms with Crippen molar-refractivity contribution in [3.8, 4) is 0 Å². The highest BCUT2D eigenvalue weighted by atomic mass is 16.5. The smallest absolute Gasteiger partial charge is 0.306 e. The Balaban J connectivity index is 1.72. The zero-order chi connectivity index (χ0) is 25.4. The number of ether oxygens (including phenoxy) is 1. The molecule has 3 rings (SSSR count). The second kappa shape index (κ2) is 12.3. The van der Waals surface area contributed by atoms with Crippen LogP contribution in [0.4, 0.5) is 0 Å². The molecule has 0 aromatic heterocycles. The van der Waals surface area contributed by atoms with Gasteiger partial charge in [0.1, 0.15) is 0 Å². The summed E-state index contributed by atoms with van der Waals surface area (Å²) in [6.45, 7) is 4.93. The Kier molecular flexibility index (Phi) is 9.47. The van der Waals surface area contributed by atoms with Gasteiger partial charge in [0, 0.05) is 30.6 Å². The first-order valence-corrected chi connectivity index (χ1v) is 12.8. The van der Waals surface area contributed by atoms with Gasteiger partial charge in [-0.1, -0.05) is 50.2 Å². The van der Waals surface area contributed by atoms with Crippen LogP contribution in [0.1, 0.15) is 73.0 Å². The molecule has 1 amide bonds. The summed E-state index contributed by atoms with van der Waals surface area (Å²) in [7, 11) is 1.74. The topological polar surface area (TPSA) is 102 Å². The van der Waals surface area contributed by atoms with Crippen LogP contribution in [0.15, 0.2) is 48.5 Å². The van der Waals surface area contributed by atoms with Crippen molar-refractivity contribution >= 4 is 11.9 Å². The van der Waals surface area contributed by atoms with Crippen molar-refractivity contribution < 1.29 is 19.4 Å². The van der Waals surface area contributed by atoms with E-state index in [4.69, 9.17) is 10.5 Å². The number of methoxy groups -OCH3 is 1. The number of carboxylic acids is 1. The largest absolute Gasteiger partial charge is 0.481 e. The molecule has 0 spiro atoms. The predicted molar refractivity (Wildman–Crippen MR) is 139 cm³/mol. The number of nitrogens with one attached hydrogen (secondary N) is 1. The van der Waals surface area contributed by atoms with Gasteiger partial charge < -0.3 is 20.9 Å². The molecule has 0 radical (unpaired) electrons. The maximum atomic E-state index is 12.0. The fraction of sp³-hybridized carbons (Fsp3) is 0.517. The van der Waals surface area contributed by atoms with Crippen LogP contribution >= 0.6 is 0 Å². The molecule has 0 fully saturated rings. The summed E-state index contributed by atoms with van der Waals surface area (Å²) in [5, 5.41) is 13.5. The SMILES string of the molecule is CCC1(CC)c2cc(C(N)=O)ccc2C[C@@H](OC)[C@H]1NCC[C@H](CCCc1ccccc1)C(=O)O. The van der Waals surface area contributed by atoms with E-state index in [1.165, 1.54) is 11.1 Å². The molecule has 2 aromatic carbocycles. The molecule has 0 heterocycles. The van der Waals surface area contributed by atoms with E-state index < -0.39 is 11.9 Å². The minimum Gasteiger partial charge on any atom is -0.481 e. The third-order valence-electron chi connectivity index (χ3n) is 7.95. The number of carbonyl (C=O) groups is 2. The first kappa shape index (κ1) is 26.9. The van der Waals surface area contributed by atoms with Gasteiger partial charge in [-0.05, 0) is 73.9 Å². The molecule has 6 heteroatoms. The second-order valence-corrected chi connectivity index (χ2v) is 9.71. The van der Waals surface area contributed by atoms with E-state index in [0.29, 0.717) is 24.9 Å². The molecular formula is C29H40N2O4. The van der Waals surface area contributed by atoms with Crippen molar-refractivity contribution in [2.45, 2.75) is 76.4 Å². The summed E-state index contributed by atoms with van der Waals surface area (Å²) in [6, 6.07) is 16.0. The lowest BCUT2D eigenvalue weighted by molar-refractivity contribution is -0.142. The fourth-order valence-corrected chi connectivity index (χ4v) is 5.85. The van der Waals surface area contributed by atoms with Crippen LogP contribution in [-0.2, 0) is 27.8 Å². The Morgan fingerprint density at radius 2 is 1.86 bits per heavy atom. The van der Waals surface area contributed by atoms with Gasteiger partial charge in [0.05, 0.1) is 12.0 Å². The molecule has 2 aromatic rings. The molecule has 4 N–H and O–H groups in total. The summed E-state index contributed by atoms with van der Waals surface area (Å²) in [5.74, 6) is -1.55. The summed E-state index contributed by atoms with van der Waals surface area (Å²) in [4.78, 5) is 23.8. The van der Waals surface area contributed by atoms with Crippen LogP contribution in [0.2, 0.25) is 0 Å². The highest BCUT2D eigenvalue weighted by molar-refractivity contribution is 5.93. The number of rotatable bonds is 13. The minimum absolute atomic E-state index is 0.0110. The van der Waals surface area contributed by atoms with Crippen molar-refractivity contribution in [3.63, 3.8) is 0 Å². The van der Waals surface area contributed by atoms with Crippen molar-refractivity contribution in [3.05, 3.63) is 70.8 Å². The highest BCUT2D eigenvalue weighted by Crippen LogP contribution is 2.44. The number of amides is 1. The number of hydrogen-bond acceptors (Lipinski definition) is 4. The molecule has 0 bridgehead atoms. The Morgan fingerprint density at radius 1 is 1.14 bits per heavy atom. The fourth-order valence-electron chi connectivity index (χ4n) is 5.85. The molecule has 3 atom stereocenters. The van der Waals surface area contributed by atoms with Gasteiger partial charge in [0.2, 0.25) is 5.91 Å². The number of aliphatic carboxylic acids is 1. The van der Waals surface area contributed by atoms with Crippen molar-refractivity contribution in [1.29, 1.82) is 0 Å². The van der Waals surface area contributed by atoms with E-state index >= 15 is 0 Å². The van der Waals surface area contributed by atoms with Crippen LogP contribution in [0.25, 0.3) is 0 Å². The van der Waals surface area contributed by atoms with Crippen molar-refractivity contribution in [2.75, 3.05) is 13.7 Å². The number of nitrogens with two attached hydrogens (primary N) is 1. The number of carbonyl (C=O) groups excluding carboxylic acids is 1. The van der Waals surface area contributed by atoms with E-state index in [1.807, 2.05) is 30.3 Å². The van der Waals surface area contributed by atoms with E-state index in [2.05, 4.69) is 31.3 Å². The number of aryl methyl sites for hydroxylation is 1. The van der Waals surface area contributed by atoms with Gasteiger partial charge in [-0.3, -0.25) is 9.59 Å². The average Bonchev–Trinajstić information content (AvgIpc) is 2.87. The number of primary amides is 1.